The Hall–Kier alpha value is -2.64. The summed E-state index contributed by atoms with van der Waals surface area (Å²) >= 11 is 14.7. The number of rotatable bonds is 6. The first-order valence-corrected chi connectivity index (χ1v) is 13.2. The Morgan fingerprint density at radius 2 is 1.60 bits per heavy atom. The molecular formula is C27H27Cl2N5S. The van der Waals surface area contributed by atoms with E-state index in [0.29, 0.717) is 16.6 Å². The van der Waals surface area contributed by atoms with Crippen LogP contribution in [-0.4, -0.2) is 51.8 Å². The molecule has 0 spiro atoms. The van der Waals surface area contributed by atoms with Gasteiger partial charge in [-0.25, -0.2) is 0 Å². The van der Waals surface area contributed by atoms with Gasteiger partial charge >= 0.3 is 0 Å². The van der Waals surface area contributed by atoms with Crippen LogP contribution >= 0.6 is 35.0 Å². The molecule has 1 aromatic heterocycles. The number of halogens is 2. The number of aliphatic imine (C=N–C) groups is 1. The third-order valence-corrected chi connectivity index (χ3v) is 6.84. The van der Waals surface area contributed by atoms with E-state index >= 15 is 0 Å². The van der Waals surface area contributed by atoms with Gasteiger partial charge in [0.1, 0.15) is 12.4 Å². The van der Waals surface area contributed by atoms with E-state index in [2.05, 4.69) is 33.8 Å². The molecule has 3 aromatic carbocycles. The Morgan fingerprint density at radius 3 is 2.29 bits per heavy atom. The van der Waals surface area contributed by atoms with E-state index in [1.54, 1.807) is 0 Å². The number of fused-ring (bicyclic) bond motifs is 3. The topological polar surface area (TPSA) is 46.3 Å². The molecule has 2 heterocycles. The fourth-order valence-corrected chi connectivity index (χ4v) is 5.04. The van der Waals surface area contributed by atoms with Crippen LogP contribution < -0.4 is 0 Å². The predicted molar refractivity (Wildman–Crippen MR) is 148 cm³/mol. The molecule has 0 bridgehead atoms. The van der Waals surface area contributed by atoms with Gasteiger partial charge < -0.3 is 4.90 Å². The van der Waals surface area contributed by atoms with E-state index in [4.69, 9.17) is 28.2 Å². The molecule has 0 N–H and O–H groups in total. The van der Waals surface area contributed by atoms with Crippen molar-refractivity contribution in [3.63, 3.8) is 0 Å². The van der Waals surface area contributed by atoms with Gasteiger partial charge in [-0.15, -0.1) is 10.2 Å². The van der Waals surface area contributed by atoms with Crippen LogP contribution in [-0.2, 0) is 12.3 Å². The van der Waals surface area contributed by atoms with E-state index in [-0.39, 0.29) is 0 Å². The van der Waals surface area contributed by atoms with Crippen LogP contribution in [0.3, 0.4) is 0 Å². The van der Waals surface area contributed by atoms with Crippen molar-refractivity contribution in [2.24, 2.45) is 4.99 Å². The van der Waals surface area contributed by atoms with Gasteiger partial charge in [-0.3, -0.25) is 9.56 Å². The van der Waals surface area contributed by atoms with Crippen LogP contribution in [0.5, 0.6) is 0 Å². The molecule has 1 aliphatic heterocycles. The number of nitrogens with zero attached hydrogens (tertiary/aromatic N) is 5. The zero-order valence-electron chi connectivity index (χ0n) is 19.7. The minimum Gasteiger partial charge on any atom is -0.309 e. The number of aromatic nitrogens is 3. The van der Waals surface area contributed by atoms with E-state index < -0.39 is 0 Å². The number of hydrogen-bond acceptors (Lipinski definition) is 5. The normalized spacial score (nSPS) is 12.2. The Bertz CT molecular complexity index is 1260. The lowest BCUT2D eigenvalue weighted by atomic mass is 10.0. The van der Waals surface area contributed by atoms with Gasteiger partial charge in [0.25, 0.3) is 0 Å². The largest absolute Gasteiger partial charge is 0.309 e. The quantitative estimate of drug-likeness (QED) is 0.274. The average molecular weight is 525 g/mol. The monoisotopic (exact) mass is 523 g/mol. The van der Waals surface area contributed by atoms with Gasteiger partial charge in [0.2, 0.25) is 0 Å². The van der Waals surface area contributed by atoms with Crippen molar-refractivity contribution in [2.45, 2.75) is 12.3 Å². The first-order chi connectivity index (χ1) is 17.0. The SMILES string of the molecule is CN(C)CCSCc1nnc2n1-c1ccc(Cl)cc1C(c1ccccc1Cl)=NC2.c1ccccc1. The molecule has 0 radical (unpaired) electrons. The van der Waals surface area contributed by atoms with Gasteiger partial charge in [0.05, 0.1) is 17.2 Å². The second-order valence-corrected chi connectivity index (χ2v) is 10.1. The predicted octanol–water partition coefficient (Wildman–Crippen LogP) is 6.41. The summed E-state index contributed by atoms with van der Waals surface area (Å²) in [6.45, 7) is 1.46. The van der Waals surface area contributed by atoms with Crippen LogP contribution in [0.1, 0.15) is 22.8 Å². The Kier molecular flexibility index (Phi) is 8.99. The van der Waals surface area contributed by atoms with Crippen LogP contribution in [0.15, 0.2) is 83.9 Å². The summed E-state index contributed by atoms with van der Waals surface area (Å²) in [6, 6.07) is 25.6. The Balaban J connectivity index is 0.000000421. The number of hydrogen-bond donors (Lipinski definition) is 0. The zero-order valence-corrected chi connectivity index (χ0v) is 22.1. The minimum absolute atomic E-state index is 0.433. The molecule has 35 heavy (non-hydrogen) atoms. The van der Waals surface area contributed by atoms with Crippen LogP contribution in [0.25, 0.3) is 5.69 Å². The summed E-state index contributed by atoms with van der Waals surface area (Å²) in [6.07, 6.45) is 0. The fourth-order valence-electron chi connectivity index (χ4n) is 3.63. The van der Waals surface area contributed by atoms with Gasteiger partial charge in [-0.05, 0) is 38.4 Å². The van der Waals surface area contributed by atoms with Crippen molar-refractivity contribution in [2.75, 3.05) is 26.4 Å². The molecule has 5 rings (SSSR count). The first kappa shape index (κ1) is 25.5. The van der Waals surface area contributed by atoms with Gasteiger partial charge in [-0.2, -0.15) is 11.8 Å². The van der Waals surface area contributed by atoms with E-state index in [9.17, 15) is 0 Å². The summed E-state index contributed by atoms with van der Waals surface area (Å²) in [5, 5.41) is 10.2. The lowest BCUT2D eigenvalue weighted by molar-refractivity contribution is 0.437. The maximum absolute atomic E-state index is 6.49. The van der Waals surface area contributed by atoms with Gasteiger partial charge in [0, 0.05) is 33.5 Å². The molecule has 0 saturated carbocycles. The van der Waals surface area contributed by atoms with Crippen LogP contribution in [0.4, 0.5) is 0 Å². The van der Waals surface area contributed by atoms with Crippen molar-refractivity contribution in [1.29, 1.82) is 0 Å². The minimum atomic E-state index is 0.433. The molecule has 0 atom stereocenters. The van der Waals surface area contributed by atoms with Gasteiger partial charge in [0.15, 0.2) is 5.82 Å². The standard InChI is InChI=1S/C21H21Cl2N5S.C6H6/c1-27(2)9-10-29-13-20-26-25-19-12-24-21(15-5-3-4-6-17(15)23)16-11-14(22)7-8-18(16)28(19)20;1-2-4-6-5-3-1/h3-8,11H,9-10,12-13H2,1-2H3;1-6H. The summed E-state index contributed by atoms with van der Waals surface area (Å²) in [5.41, 5.74) is 3.63. The molecule has 0 saturated heterocycles. The molecule has 5 nitrogen and oxygen atoms in total. The third-order valence-electron chi connectivity index (χ3n) is 5.34. The smallest absolute Gasteiger partial charge is 0.159 e. The lowest BCUT2D eigenvalue weighted by Gasteiger charge is -2.15. The van der Waals surface area contributed by atoms with E-state index in [1.165, 1.54) is 0 Å². The third kappa shape index (κ3) is 6.53. The second kappa shape index (κ2) is 12.4. The first-order valence-electron chi connectivity index (χ1n) is 11.3. The summed E-state index contributed by atoms with van der Waals surface area (Å²) in [4.78, 5) is 7.03. The highest BCUT2D eigenvalue weighted by atomic mass is 35.5. The Labute approximate surface area is 220 Å². The summed E-state index contributed by atoms with van der Waals surface area (Å²) in [7, 11) is 4.16. The molecule has 0 fully saturated rings. The van der Waals surface area contributed by atoms with Gasteiger partial charge in [-0.1, -0.05) is 77.8 Å². The highest BCUT2D eigenvalue weighted by molar-refractivity contribution is 7.98. The summed E-state index contributed by atoms with van der Waals surface area (Å²) in [5.74, 6) is 3.55. The van der Waals surface area contributed by atoms with Crippen LogP contribution in [0.2, 0.25) is 10.0 Å². The molecule has 180 valence electrons. The van der Waals surface area contributed by atoms with Crippen molar-refractivity contribution >= 4 is 40.7 Å². The second-order valence-electron chi connectivity index (χ2n) is 8.18. The number of benzene rings is 3. The van der Waals surface area contributed by atoms with E-state index in [1.807, 2.05) is 90.6 Å². The van der Waals surface area contributed by atoms with Crippen molar-refractivity contribution in [3.8, 4) is 5.69 Å². The highest BCUT2D eigenvalue weighted by Gasteiger charge is 2.24. The lowest BCUT2D eigenvalue weighted by Crippen LogP contribution is -2.15. The Morgan fingerprint density at radius 1 is 0.886 bits per heavy atom. The maximum atomic E-state index is 6.49. The highest BCUT2D eigenvalue weighted by Crippen LogP contribution is 2.31. The molecule has 4 aromatic rings. The van der Waals surface area contributed by atoms with Crippen molar-refractivity contribution < 1.29 is 0 Å². The van der Waals surface area contributed by atoms with E-state index in [0.717, 1.165) is 52.2 Å². The molecule has 1 aliphatic rings. The molecule has 0 aliphatic carbocycles. The molecule has 0 amide bonds. The summed E-state index contributed by atoms with van der Waals surface area (Å²) < 4.78 is 2.11. The molecule has 8 heteroatoms. The molecule has 0 unspecified atom stereocenters. The van der Waals surface area contributed by atoms with Crippen LogP contribution in [0, 0.1) is 0 Å². The van der Waals surface area contributed by atoms with Crippen molar-refractivity contribution in [3.05, 3.63) is 112 Å². The fraction of sp³-hybridized carbons (Fsp3) is 0.222. The number of thioether (sulfide) groups is 1. The van der Waals surface area contributed by atoms with Crippen molar-refractivity contribution in [1.82, 2.24) is 19.7 Å². The maximum Gasteiger partial charge on any atom is 0.159 e. The average Bonchev–Trinajstić information content (AvgIpc) is 3.19. The molecular weight excluding hydrogens is 497 g/mol. The zero-order chi connectivity index (χ0) is 24.6.